The zero-order valence-corrected chi connectivity index (χ0v) is 33.5. The minimum absolute atomic E-state index is 0.107. The van der Waals surface area contributed by atoms with Gasteiger partial charge in [0.2, 0.25) is 14.1 Å². The van der Waals surface area contributed by atoms with Gasteiger partial charge in [-0.15, -0.1) is 11.3 Å². The van der Waals surface area contributed by atoms with E-state index in [0.29, 0.717) is 75.3 Å². The van der Waals surface area contributed by atoms with Gasteiger partial charge in [0.1, 0.15) is 17.9 Å². The number of ether oxygens (including phenoxy) is 1. The molecule has 3 heterocycles. The highest BCUT2D eigenvalue weighted by molar-refractivity contribution is 7.84. The molecule has 1 amide bonds. The predicted octanol–water partition coefficient (Wildman–Crippen LogP) is 7.26. The van der Waals surface area contributed by atoms with Gasteiger partial charge in [0.25, 0.3) is 0 Å². The Hall–Kier alpha value is -2.92. The van der Waals surface area contributed by atoms with Crippen LogP contribution in [0.15, 0.2) is 36.8 Å². The van der Waals surface area contributed by atoms with Crippen molar-refractivity contribution in [3.8, 4) is 5.75 Å². The number of hydrogen-bond acceptors (Lipinski definition) is 11. The quantitative estimate of drug-likeness (QED) is 0.133. The van der Waals surface area contributed by atoms with Gasteiger partial charge in [0.05, 0.1) is 23.2 Å². The van der Waals surface area contributed by atoms with Gasteiger partial charge in [-0.1, -0.05) is 59.2 Å². The Bertz CT molecular complexity index is 1830. The SMILES string of the molecule is Cc1sc(C(=O)c2cncnc2N[C@@H]2C[C@H](COS(N)(=O)=O)[C@@H](O[Si](C(C)C)(C(C)C)C(C)C)C2)cc1OC(=O)N1CCc2ccc(Cl)cc2C1. The Labute approximate surface area is 310 Å². The van der Waals surface area contributed by atoms with Gasteiger partial charge in [-0.2, -0.15) is 8.42 Å². The van der Waals surface area contributed by atoms with Crippen LogP contribution in [0, 0.1) is 12.8 Å². The van der Waals surface area contributed by atoms with Crippen LogP contribution in [0.3, 0.4) is 0 Å². The number of fused-ring (bicyclic) bond motifs is 1. The first-order chi connectivity index (χ1) is 24.0. The molecule has 0 spiro atoms. The Balaban J connectivity index is 1.32. The van der Waals surface area contributed by atoms with Crippen molar-refractivity contribution in [1.82, 2.24) is 14.9 Å². The van der Waals surface area contributed by atoms with Crippen molar-refractivity contribution >= 4 is 59.3 Å². The summed E-state index contributed by atoms with van der Waals surface area (Å²) in [6.45, 7) is 15.8. The van der Waals surface area contributed by atoms with Gasteiger partial charge >= 0.3 is 16.4 Å². The molecule has 5 rings (SSSR count). The smallest absolute Gasteiger partial charge is 0.413 e. The number of halogens is 1. The van der Waals surface area contributed by atoms with Gasteiger partial charge in [0, 0.05) is 47.2 Å². The standard InChI is InChI=1S/C35H48ClN5O7S2Si/c1-20(2)51(21(3)4,22(5)6)48-31-14-28(13-26(31)18-46-50(37,44)45)40-34-29(16-38-19-39-34)33(42)32-15-30(23(7)49-32)47-35(43)41-11-10-24-8-9-27(36)12-25(24)17-41/h8-9,12,15-16,19-22,26,28,31H,10-11,13-14,17-18H2,1-7H3,(H2,37,44,45)(H,38,39,40)/t26-,28-,31+/m1/s1. The molecule has 0 bridgehead atoms. The number of thiophene rings is 1. The fraction of sp³-hybridized carbons (Fsp3) is 0.543. The molecular formula is C35H48ClN5O7S2Si. The largest absolute Gasteiger partial charge is 0.415 e. The molecule has 1 saturated carbocycles. The van der Waals surface area contributed by atoms with Crippen LogP contribution in [0.1, 0.15) is 85.6 Å². The van der Waals surface area contributed by atoms with Crippen LogP contribution >= 0.6 is 22.9 Å². The van der Waals surface area contributed by atoms with E-state index in [-0.39, 0.29) is 36.0 Å². The van der Waals surface area contributed by atoms with E-state index in [9.17, 15) is 18.0 Å². The predicted molar refractivity (Wildman–Crippen MR) is 201 cm³/mol. The number of rotatable bonds is 13. The number of carbonyl (C=O) groups excluding carboxylic acids is 2. The van der Waals surface area contributed by atoms with Gasteiger partial charge in [-0.05, 0) is 66.1 Å². The highest BCUT2D eigenvalue weighted by Gasteiger charge is 2.49. The van der Waals surface area contributed by atoms with E-state index in [1.165, 1.54) is 23.9 Å². The normalized spacial score (nSPS) is 19.5. The Morgan fingerprint density at radius 2 is 1.80 bits per heavy atom. The van der Waals surface area contributed by atoms with Crippen molar-refractivity contribution in [1.29, 1.82) is 0 Å². The molecule has 0 radical (unpaired) electrons. The van der Waals surface area contributed by atoms with E-state index in [2.05, 4.69) is 56.8 Å². The fourth-order valence-electron chi connectivity index (χ4n) is 7.83. The van der Waals surface area contributed by atoms with Gasteiger partial charge in [-0.3, -0.25) is 8.98 Å². The minimum Gasteiger partial charge on any atom is -0.413 e. The van der Waals surface area contributed by atoms with E-state index < -0.39 is 24.7 Å². The summed E-state index contributed by atoms with van der Waals surface area (Å²) in [5.74, 6) is 0.0913. The van der Waals surface area contributed by atoms with E-state index in [4.69, 9.17) is 30.1 Å². The molecule has 12 nitrogen and oxygen atoms in total. The number of benzene rings is 1. The molecule has 16 heteroatoms. The summed E-state index contributed by atoms with van der Waals surface area (Å²) in [5, 5.41) is 9.26. The van der Waals surface area contributed by atoms with Crippen LogP contribution in [0.2, 0.25) is 21.6 Å². The molecule has 1 fully saturated rings. The van der Waals surface area contributed by atoms with E-state index in [0.717, 1.165) is 11.1 Å². The van der Waals surface area contributed by atoms with Crippen LogP contribution in [-0.2, 0) is 31.9 Å². The average molecular weight is 778 g/mol. The zero-order chi connectivity index (χ0) is 37.2. The summed E-state index contributed by atoms with van der Waals surface area (Å²) in [6, 6.07) is 7.08. The van der Waals surface area contributed by atoms with Crippen molar-refractivity contribution < 1.29 is 31.4 Å². The highest BCUT2D eigenvalue weighted by atomic mass is 35.5. The topological polar surface area (TPSA) is 163 Å². The van der Waals surface area contributed by atoms with Gasteiger partial charge in [-0.25, -0.2) is 19.9 Å². The van der Waals surface area contributed by atoms with Crippen molar-refractivity contribution in [2.24, 2.45) is 11.1 Å². The monoisotopic (exact) mass is 777 g/mol. The number of amides is 1. The number of aryl methyl sites for hydroxylation is 1. The lowest BCUT2D eigenvalue weighted by molar-refractivity contribution is 0.103. The molecule has 0 unspecified atom stereocenters. The maximum absolute atomic E-state index is 13.9. The molecule has 3 N–H and O–H groups in total. The molecule has 0 saturated heterocycles. The highest BCUT2D eigenvalue weighted by Crippen LogP contribution is 2.46. The Kier molecular flexibility index (Phi) is 12.3. The summed E-state index contributed by atoms with van der Waals surface area (Å²) in [6.07, 6.45) is 3.82. The van der Waals surface area contributed by atoms with Gasteiger partial charge in [0.15, 0.2) is 0 Å². The second-order valence-corrected chi connectivity index (χ2v) is 22.7. The summed E-state index contributed by atoms with van der Waals surface area (Å²) in [7, 11) is -6.48. The molecular weight excluding hydrogens is 730 g/mol. The van der Waals surface area contributed by atoms with Crippen molar-refractivity contribution in [3.05, 3.63) is 68.3 Å². The minimum atomic E-state index is -4.15. The maximum atomic E-state index is 13.9. The first-order valence-corrected chi connectivity index (χ1v) is 22.1. The first kappa shape index (κ1) is 39.3. The fourth-order valence-corrected chi connectivity index (χ4v) is 14.9. The molecule has 1 aliphatic heterocycles. The Morgan fingerprint density at radius 3 is 2.47 bits per heavy atom. The molecule has 3 aromatic rings. The average Bonchev–Trinajstić information content (AvgIpc) is 3.62. The summed E-state index contributed by atoms with van der Waals surface area (Å²) in [5.41, 5.74) is 3.37. The van der Waals surface area contributed by atoms with Crippen molar-refractivity contribution in [2.75, 3.05) is 18.5 Å². The second kappa shape index (κ2) is 16.0. The second-order valence-electron chi connectivity index (χ2n) is 14.4. The number of nitrogens with zero attached hydrogens (tertiary/aromatic N) is 3. The van der Waals surface area contributed by atoms with E-state index >= 15 is 0 Å². The number of ketones is 1. The van der Waals surface area contributed by atoms with E-state index in [1.54, 1.807) is 17.9 Å². The van der Waals surface area contributed by atoms with Crippen molar-refractivity contribution in [3.63, 3.8) is 0 Å². The number of nitrogens with one attached hydrogen (secondary N) is 1. The Morgan fingerprint density at radius 1 is 1.10 bits per heavy atom. The van der Waals surface area contributed by atoms with Gasteiger partial charge < -0.3 is 19.4 Å². The molecule has 2 aromatic heterocycles. The molecule has 1 aromatic carbocycles. The summed E-state index contributed by atoms with van der Waals surface area (Å²) in [4.78, 5) is 38.3. The zero-order valence-electron chi connectivity index (χ0n) is 30.1. The molecule has 1 aliphatic carbocycles. The van der Waals surface area contributed by atoms with Crippen LogP contribution in [0.5, 0.6) is 5.75 Å². The van der Waals surface area contributed by atoms with Crippen LogP contribution in [0.4, 0.5) is 10.6 Å². The summed E-state index contributed by atoms with van der Waals surface area (Å²) >= 11 is 7.40. The lowest BCUT2D eigenvalue weighted by Crippen LogP contribution is -2.51. The van der Waals surface area contributed by atoms with Crippen LogP contribution in [-0.4, -0.2) is 68.8 Å². The third-order valence-electron chi connectivity index (χ3n) is 10.2. The maximum Gasteiger partial charge on any atom is 0.415 e. The van der Waals surface area contributed by atoms with Crippen molar-refractivity contribution in [2.45, 2.75) is 103 Å². The number of aromatic nitrogens is 2. The molecule has 3 atom stereocenters. The molecule has 51 heavy (non-hydrogen) atoms. The third-order valence-corrected chi connectivity index (χ3v) is 18.0. The molecule has 278 valence electrons. The third kappa shape index (κ3) is 9.00. The number of hydrogen-bond donors (Lipinski definition) is 2. The molecule has 2 aliphatic rings. The van der Waals surface area contributed by atoms with E-state index in [1.807, 2.05) is 18.2 Å². The summed E-state index contributed by atoms with van der Waals surface area (Å²) < 4.78 is 41.5. The number of anilines is 1. The lowest BCUT2D eigenvalue weighted by Gasteiger charge is -2.45. The first-order valence-electron chi connectivity index (χ1n) is 17.3. The lowest BCUT2D eigenvalue weighted by atomic mass is 10.0. The number of carbonyl (C=O) groups is 2. The number of nitrogens with two attached hydrogens (primary N) is 1. The van der Waals surface area contributed by atoms with Crippen LogP contribution in [0.25, 0.3) is 0 Å². The van der Waals surface area contributed by atoms with Crippen LogP contribution < -0.4 is 15.2 Å².